The summed E-state index contributed by atoms with van der Waals surface area (Å²) in [5, 5.41) is 0.532. The Bertz CT molecular complexity index is 1560. The SMILES string of the molecule is CCS(=O)(=O)Nc1cc(OC)c(Oc2ccc(F)cc2F)c(-c2cn(C)c(=O)c3[nH]ccc23)c1. The highest BCUT2D eigenvalue weighted by molar-refractivity contribution is 7.92. The summed E-state index contributed by atoms with van der Waals surface area (Å²) in [6.07, 6.45) is 3.15. The fraction of sp³-hybridized carbons (Fsp3) is 0.174. The number of anilines is 1. The van der Waals surface area contributed by atoms with Gasteiger partial charge in [-0.3, -0.25) is 9.52 Å². The van der Waals surface area contributed by atoms with Crippen LogP contribution in [-0.4, -0.2) is 30.8 Å². The van der Waals surface area contributed by atoms with Gasteiger partial charge in [0.05, 0.1) is 18.6 Å². The highest BCUT2D eigenvalue weighted by Crippen LogP contribution is 2.45. The minimum absolute atomic E-state index is 0.0496. The maximum absolute atomic E-state index is 14.4. The first-order valence-corrected chi connectivity index (χ1v) is 11.8. The highest BCUT2D eigenvalue weighted by atomic mass is 32.2. The molecule has 34 heavy (non-hydrogen) atoms. The van der Waals surface area contributed by atoms with E-state index < -0.39 is 21.7 Å². The Balaban J connectivity index is 2.02. The Morgan fingerprint density at radius 2 is 1.85 bits per heavy atom. The second-order valence-electron chi connectivity index (χ2n) is 7.46. The number of hydrogen-bond donors (Lipinski definition) is 2. The molecule has 0 aliphatic carbocycles. The van der Waals surface area contributed by atoms with Gasteiger partial charge in [-0.25, -0.2) is 17.2 Å². The van der Waals surface area contributed by atoms with Crippen molar-refractivity contribution in [2.45, 2.75) is 6.92 Å². The largest absolute Gasteiger partial charge is 0.493 e. The molecule has 0 saturated carbocycles. The van der Waals surface area contributed by atoms with Crippen LogP contribution in [0.5, 0.6) is 17.2 Å². The fourth-order valence-electron chi connectivity index (χ4n) is 3.52. The van der Waals surface area contributed by atoms with Gasteiger partial charge in [-0.1, -0.05) is 0 Å². The molecule has 4 rings (SSSR count). The number of H-pyrrole nitrogens is 1. The molecule has 0 aliphatic heterocycles. The first-order valence-electron chi connectivity index (χ1n) is 10.2. The van der Waals surface area contributed by atoms with E-state index in [2.05, 4.69) is 9.71 Å². The third-order valence-corrected chi connectivity index (χ3v) is 6.53. The van der Waals surface area contributed by atoms with Gasteiger partial charge in [0.1, 0.15) is 11.3 Å². The first kappa shape index (κ1) is 23.3. The van der Waals surface area contributed by atoms with Gasteiger partial charge >= 0.3 is 0 Å². The third-order valence-electron chi connectivity index (χ3n) is 5.22. The lowest BCUT2D eigenvalue weighted by molar-refractivity contribution is 0.371. The maximum Gasteiger partial charge on any atom is 0.274 e. The number of aromatic nitrogens is 2. The van der Waals surface area contributed by atoms with Crippen LogP contribution in [0.4, 0.5) is 14.5 Å². The van der Waals surface area contributed by atoms with Gasteiger partial charge in [-0.15, -0.1) is 0 Å². The number of halogens is 2. The van der Waals surface area contributed by atoms with Gasteiger partial charge in [-0.05, 0) is 31.2 Å². The van der Waals surface area contributed by atoms with Gasteiger partial charge in [-0.2, -0.15) is 0 Å². The van der Waals surface area contributed by atoms with Crippen molar-refractivity contribution < 1.29 is 26.7 Å². The number of sulfonamides is 1. The summed E-state index contributed by atoms with van der Waals surface area (Å²) in [7, 11) is -0.728. The van der Waals surface area contributed by atoms with Crippen molar-refractivity contribution >= 4 is 26.6 Å². The molecule has 0 unspecified atom stereocenters. The van der Waals surface area contributed by atoms with E-state index in [1.165, 1.54) is 30.7 Å². The third kappa shape index (κ3) is 4.34. The molecule has 178 valence electrons. The number of pyridine rings is 1. The number of hydrogen-bond acceptors (Lipinski definition) is 5. The molecular weight excluding hydrogens is 468 g/mol. The summed E-state index contributed by atoms with van der Waals surface area (Å²) < 4.78 is 67.4. The second-order valence-corrected chi connectivity index (χ2v) is 9.47. The quantitative estimate of drug-likeness (QED) is 0.401. The molecule has 4 aromatic rings. The average molecular weight is 490 g/mol. The highest BCUT2D eigenvalue weighted by Gasteiger charge is 2.22. The molecule has 0 atom stereocenters. The van der Waals surface area contributed by atoms with Crippen LogP contribution < -0.4 is 19.8 Å². The Hall–Kier alpha value is -3.86. The van der Waals surface area contributed by atoms with E-state index >= 15 is 0 Å². The Kier molecular flexibility index (Phi) is 6.05. The van der Waals surface area contributed by atoms with Crippen LogP contribution in [-0.2, 0) is 17.1 Å². The lowest BCUT2D eigenvalue weighted by Gasteiger charge is -2.19. The van der Waals surface area contributed by atoms with E-state index in [0.29, 0.717) is 28.1 Å². The second kappa shape index (κ2) is 8.82. The van der Waals surface area contributed by atoms with Crippen molar-refractivity contribution in [2.75, 3.05) is 17.6 Å². The Morgan fingerprint density at radius 3 is 2.53 bits per heavy atom. The van der Waals surface area contributed by atoms with Crippen LogP contribution in [0.1, 0.15) is 6.92 Å². The van der Waals surface area contributed by atoms with E-state index in [9.17, 15) is 22.0 Å². The molecule has 11 heteroatoms. The molecule has 2 heterocycles. The van der Waals surface area contributed by atoms with Gasteiger partial charge in [0.25, 0.3) is 5.56 Å². The van der Waals surface area contributed by atoms with Crippen LogP contribution in [0, 0.1) is 11.6 Å². The number of fused-ring (bicyclic) bond motifs is 1. The summed E-state index contributed by atoms with van der Waals surface area (Å²) in [5.41, 5.74) is 1.03. The van der Waals surface area contributed by atoms with E-state index in [0.717, 1.165) is 12.1 Å². The summed E-state index contributed by atoms with van der Waals surface area (Å²) in [6, 6.07) is 7.44. The number of aryl methyl sites for hydroxylation is 1. The molecule has 0 amide bonds. The predicted octanol–water partition coefficient (Wildman–Crippen LogP) is 4.37. The molecule has 0 saturated heterocycles. The summed E-state index contributed by atoms with van der Waals surface area (Å²) in [6.45, 7) is 1.49. The minimum atomic E-state index is -3.64. The van der Waals surface area contributed by atoms with Crippen LogP contribution in [0.15, 0.2) is 53.6 Å². The van der Waals surface area contributed by atoms with E-state index in [4.69, 9.17) is 9.47 Å². The van der Waals surface area contributed by atoms with Gasteiger partial charge in [0.2, 0.25) is 10.0 Å². The molecule has 2 N–H and O–H groups in total. The van der Waals surface area contributed by atoms with E-state index in [1.54, 1.807) is 25.5 Å². The standard InChI is InChI=1S/C23H21F2N3O5S/c1-4-34(30,31)27-14-10-16(17-12-28(2)23(29)21-15(17)7-8-26-21)22(20(11-14)32-3)33-19-6-5-13(24)9-18(19)25/h5-12,26-27H,4H2,1-3H3. The van der Waals surface area contributed by atoms with Crippen molar-refractivity contribution in [3.8, 4) is 28.4 Å². The lowest BCUT2D eigenvalue weighted by atomic mass is 10.0. The van der Waals surface area contributed by atoms with Crippen LogP contribution in [0.2, 0.25) is 0 Å². The zero-order valence-electron chi connectivity index (χ0n) is 18.5. The molecule has 0 aliphatic rings. The average Bonchev–Trinajstić information content (AvgIpc) is 3.28. The normalized spacial score (nSPS) is 11.6. The molecular formula is C23H21F2N3O5S. The van der Waals surface area contributed by atoms with Crippen molar-refractivity contribution in [1.82, 2.24) is 9.55 Å². The molecule has 0 radical (unpaired) electrons. The smallest absolute Gasteiger partial charge is 0.274 e. The van der Waals surface area contributed by atoms with Crippen LogP contribution in [0.25, 0.3) is 22.0 Å². The zero-order chi connectivity index (χ0) is 24.6. The van der Waals surface area contributed by atoms with Gasteiger partial charge < -0.3 is 19.0 Å². The van der Waals surface area contributed by atoms with Gasteiger partial charge in [0.15, 0.2) is 23.1 Å². The Morgan fingerprint density at radius 1 is 1.09 bits per heavy atom. The first-order chi connectivity index (χ1) is 16.1. The fourth-order valence-corrected chi connectivity index (χ4v) is 4.14. The van der Waals surface area contributed by atoms with E-state index in [-0.39, 0.29) is 34.2 Å². The Labute approximate surface area is 193 Å². The number of ether oxygens (including phenoxy) is 2. The van der Waals surface area contributed by atoms with Crippen LogP contribution >= 0.6 is 0 Å². The lowest BCUT2D eigenvalue weighted by Crippen LogP contribution is -2.17. The van der Waals surface area contributed by atoms with E-state index in [1.807, 2.05) is 0 Å². The summed E-state index contributed by atoms with van der Waals surface area (Å²) >= 11 is 0. The molecule has 0 spiro atoms. The molecule has 0 fully saturated rings. The summed E-state index contributed by atoms with van der Waals surface area (Å²) in [5.74, 6) is -1.99. The topological polar surface area (TPSA) is 102 Å². The number of rotatable bonds is 7. The predicted molar refractivity (Wildman–Crippen MR) is 125 cm³/mol. The van der Waals surface area contributed by atoms with Crippen molar-refractivity contribution in [3.63, 3.8) is 0 Å². The van der Waals surface area contributed by atoms with Crippen molar-refractivity contribution in [3.05, 3.63) is 70.8 Å². The monoisotopic (exact) mass is 489 g/mol. The molecule has 2 aromatic heterocycles. The number of nitrogens with zero attached hydrogens (tertiary/aromatic N) is 1. The molecule has 2 aromatic carbocycles. The van der Waals surface area contributed by atoms with Gasteiger partial charge in [0, 0.05) is 48.1 Å². The molecule has 0 bridgehead atoms. The number of aromatic amines is 1. The summed E-state index contributed by atoms with van der Waals surface area (Å²) in [4.78, 5) is 15.4. The maximum atomic E-state index is 14.4. The number of nitrogens with one attached hydrogen (secondary N) is 2. The number of benzene rings is 2. The molecule has 8 nitrogen and oxygen atoms in total. The van der Waals surface area contributed by atoms with Crippen LogP contribution in [0.3, 0.4) is 0 Å². The minimum Gasteiger partial charge on any atom is -0.493 e. The number of methoxy groups -OCH3 is 1. The van der Waals surface area contributed by atoms with Crippen molar-refractivity contribution in [1.29, 1.82) is 0 Å². The zero-order valence-corrected chi connectivity index (χ0v) is 19.3. The van der Waals surface area contributed by atoms with Crippen molar-refractivity contribution in [2.24, 2.45) is 7.05 Å².